The van der Waals surface area contributed by atoms with Crippen LogP contribution in [0, 0.1) is 11.6 Å². The number of allylic oxidation sites excluding steroid dienone is 2. The summed E-state index contributed by atoms with van der Waals surface area (Å²) in [5.41, 5.74) is 0.471. The summed E-state index contributed by atoms with van der Waals surface area (Å²) in [4.78, 5) is 12.3. The number of benzene rings is 2. The fourth-order valence-corrected chi connectivity index (χ4v) is 2.93. The van der Waals surface area contributed by atoms with Crippen LogP contribution in [0.25, 0.3) is 0 Å². The number of anilines is 1. The first-order valence-corrected chi connectivity index (χ1v) is 8.68. The van der Waals surface area contributed by atoms with Crippen LogP contribution in [0.3, 0.4) is 0 Å². The zero-order valence-corrected chi connectivity index (χ0v) is 15.2. The lowest BCUT2D eigenvalue weighted by molar-refractivity contribution is -0.113. The van der Waals surface area contributed by atoms with Gasteiger partial charge in [0.05, 0.1) is 5.02 Å². The summed E-state index contributed by atoms with van der Waals surface area (Å²) in [6, 6.07) is 7.93. The number of aliphatic hydroxyl groups is 2. The van der Waals surface area contributed by atoms with E-state index in [0.717, 1.165) is 6.07 Å². The van der Waals surface area contributed by atoms with Gasteiger partial charge in [-0.15, -0.1) is 0 Å². The standard InChI is InChI=1S/C20H16ClF2NO4/c21-15-5-2-6-16(22)14(15)10-28-18-8-7-11(9-17(18)23)24-19(25)12-3-1-4-13(12)20(26)27/h2-9,20,26-27H,1,10H2,(H,24,25). The molecule has 0 fully saturated rings. The van der Waals surface area contributed by atoms with Crippen LogP contribution in [0.15, 0.2) is 59.7 Å². The third kappa shape index (κ3) is 4.39. The van der Waals surface area contributed by atoms with Gasteiger partial charge in [-0.3, -0.25) is 4.79 Å². The van der Waals surface area contributed by atoms with E-state index in [1.54, 1.807) is 0 Å². The van der Waals surface area contributed by atoms with E-state index in [1.165, 1.54) is 42.5 Å². The van der Waals surface area contributed by atoms with Crippen LogP contribution in [0.4, 0.5) is 14.5 Å². The van der Waals surface area contributed by atoms with Crippen molar-refractivity contribution in [2.75, 3.05) is 5.32 Å². The van der Waals surface area contributed by atoms with Gasteiger partial charge < -0.3 is 20.3 Å². The van der Waals surface area contributed by atoms with Gasteiger partial charge in [0.15, 0.2) is 17.9 Å². The van der Waals surface area contributed by atoms with Crippen LogP contribution in [-0.2, 0) is 11.4 Å². The molecule has 3 N–H and O–H groups in total. The molecule has 146 valence electrons. The van der Waals surface area contributed by atoms with Crippen LogP contribution in [-0.4, -0.2) is 22.4 Å². The Hall–Kier alpha value is -2.74. The predicted octanol–water partition coefficient (Wildman–Crippen LogP) is 3.70. The molecule has 0 atom stereocenters. The van der Waals surface area contributed by atoms with Crippen LogP contribution in [0.1, 0.15) is 12.0 Å². The van der Waals surface area contributed by atoms with Gasteiger partial charge in [-0.25, -0.2) is 8.78 Å². The van der Waals surface area contributed by atoms with E-state index >= 15 is 0 Å². The highest BCUT2D eigenvalue weighted by Gasteiger charge is 2.22. The maximum atomic E-state index is 14.3. The predicted molar refractivity (Wildman–Crippen MR) is 99.8 cm³/mol. The summed E-state index contributed by atoms with van der Waals surface area (Å²) in [5.74, 6) is -2.05. The smallest absolute Gasteiger partial charge is 0.255 e. The number of ether oxygens (including phenoxy) is 1. The Balaban J connectivity index is 1.67. The third-order valence-corrected chi connectivity index (χ3v) is 4.47. The lowest BCUT2D eigenvalue weighted by Gasteiger charge is -2.13. The molecule has 2 aromatic carbocycles. The van der Waals surface area contributed by atoms with Gasteiger partial charge in [0, 0.05) is 28.5 Å². The molecule has 1 aliphatic carbocycles. The molecule has 28 heavy (non-hydrogen) atoms. The summed E-state index contributed by atoms with van der Waals surface area (Å²) >= 11 is 5.91. The van der Waals surface area contributed by atoms with Crippen molar-refractivity contribution in [2.24, 2.45) is 0 Å². The van der Waals surface area contributed by atoms with Crippen molar-refractivity contribution >= 4 is 23.2 Å². The zero-order valence-electron chi connectivity index (χ0n) is 14.5. The van der Waals surface area contributed by atoms with Gasteiger partial charge in [-0.2, -0.15) is 0 Å². The van der Waals surface area contributed by atoms with E-state index in [2.05, 4.69) is 5.32 Å². The van der Waals surface area contributed by atoms with Gasteiger partial charge in [-0.1, -0.05) is 29.8 Å². The first-order chi connectivity index (χ1) is 13.4. The number of aliphatic hydroxyl groups excluding tert-OH is 1. The van der Waals surface area contributed by atoms with E-state index in [-0.39, 0.29) is 39.8 Å². The van der Waals surface area contributed by atoms with Gasteiger partial charge in [0.25, 0.3) is 5.91 Å². The molecule has 0 aliphatic heterocycles. The Kier molecular flexibility index (Phi) is 6.08. The topological polar surface area (TPSA) is 78.8 Å². The second kappa shape index (κ2) is 8.52. The highest BCUT2D eigenvalue weighted by Crippen LogP contribution is 2.27. The van der Waals surface area contributed by atoms with Crippen molar-refractivity contribution in [3.05, 3.63) is 81.9 Å². The second-order valence-corrected chi connectivity index (χ2v) is 6.38. The number of carbonyl (C=O) groups excluding carboxylic acids is 1. The van der Waals surface area contributed by atoms with Crippen LogP contribution < -0.4 is 10.1 Å². The number of nitrogens with one attached hydrogen (secondary N) is 1. The van der Waals surface area contributed by atoms with Crippen molar-refractivity contribution in [1.29, 1.82) is 0 Å². The molecule has 0 saturated carbocycles. The Morgan fingerprint density at radius 2 is 1.96 bits per heavy atom. The van der Waals surface area contributed by atoms with E-state index in [4.69, 9.17) is 16.3 Å². The van der Waals surface area contributed by atoms with E-state index in [1.807, 2.05) is 0 Å². The fourth-order valence-electron chi connectivity index (χ4n) is 2.71. The van der Waals surface area contributed by atoms with E-state index in [0.29, 0.717) is 6.42 Å². The van der Waals surface area contributed by atoms with Crippen molar-refractivity contribution in [3.8, 4) is 5.75 Å². The average molecular weight is 408 g/mol. The Bertz CT molecular complexity index is 952. The molecule has 8 heteroatoms. The number of hydrogen-bond donors (Lipinski definition) is 3. The minimum absolute atomic E-state index is 0.0969. The molecule has 1 amide bonds. The number of hydrogen-bond acceptors (Lipinski definition) is 4. The maximum Gasteiger partial charge on any atom is 0.255 e. The molecular weight excluding hydrogens is 392 g/mol. The van der Waals surface area contributed by atoms with Crippen LogP contribution in [0.5, 0.6) is 5.75 Å². The molecule has 0 radical (unpaired) electrons. The normalized spacial score (nSPS) is 13.4. The molecule has 0 saturated heterocycles. The van der Waals surface area contributed by atoms with E-state index < -0.39 is 23.8 Å². The fraction of sp³-hybridized carbons (Fsp3) is 0.150. The van der Waals surface area contributed by atoms with Gasteiger partial charge in [-0.05, 0) is 30.7 Å². The SMILES string of the molecule is O=C(Nc1ccc(OCc2c(F)cccc2Cl)c(F)c1)C1=CCC=C1C(O)O. The molecule has 3 rings (SSSR count). The molecule has 1 aliphatic rings. The second-order valence-electron chi connectivity index (χ2n) is 5.97. The van der Waals surface area contributed by atoms with Crippen molar-refractivity contribution in [1.82, 2.24) is 0 Å². The maximum absolute atomic E-state index is 14.3. The zero-order chi connectivity index (χ0) is 20.3. The first-order valence-electron chi connectivity index (χ1n) is 8.30. The number of halogens is 3. The van der Waals surface area contributed by atoms with Gasteiger partial charge in [0.2, 0.25) is 0 Å². The average Bonchev–Trinajstić information content (AvgIpc) is 3.13. The van der Waals surface area contributed by atoms with Gasteiger partial charge >= 0.3 is 0 Å². The van der Waals surface area contributed by atoms with Crippen molar-refractivity contribution in [3.63, 3.8) is 0 Å². The minimum atomic E-state index is -1.77. The number of carbonyl (C=O) groups is 1. The summed E-state index contributed by atoms with van der Waals surface area (Å²) in [6.45, 7) is -0.260. The summed E-state index contributed by atoms with van der Waals surface area (Å²) < 4.78 is 33.3. The molecule has 0 aromatic heterocycles. The quantitative estimate of drug-likeness (QED) is 0.638. The first kappa shape index (κ1) is 20.0. The molecule has 5 nitrogen and oxygen atoms in total. The van der Waals surface area contributed by atoms with Crippen molar-refractivity contribution < 1.29 is 28.5 Å². The molecular formula is C20H16ClF2NO4. The van der Waals surface area contributed by atoms with Gasteiger partial charge in [0.1, 0.15) is 12.4 Å². The highest BCUT2D eigenvalue weighted by molar-refractivity contribution is 6.31. The summed E-state index contributed by atoms with van der Waals surface area (Å²) in [5, 5.41) is 21.2. The lowest BCUT2D eigenvalue weighted by Crippen LogP contribution is -2.20. The van der Waals surface area contributed by atoms with E-state index in [9.17, 15) is 23.8 Å². The van der Waals surface area contributed by atoms with Crippen LogP contribution >= 0.6 is 11.6 Å². The van der Waals surface area contributed by atoms with Crippen LogP contribution in [0.2, 0.25) is 5.02 Å². The Morgan fingerprint density at radius 3 is 2.64 bits per heavy atom. The summed E-state index contributed by atoms with van der Waals surface area (Å²) in [7, 11) is 0. The third-order valence-electron chi connectivity index (χ3n) is 4.12. The monoisotopic (exact) mass is 407 g/mol. The largest absolute Gasteiger partial charge is 0.486 e. The Labute approximate surface area is 164 Å². The molecule has 0 heterocycles. The minimum Gasteiger partial charge on any atom is -0.486 e. The summed E-state index contributed by atoms with van der Waals surface area (Å²) in [6.07, 6.45) is 1.69. The number of rotatable bonds is 6. The molecule has 0 unspecified atom stereocenters. The highest BCUT2D eigenvalue weighted by atomic mass is 35.5. The number of amides is 1. The molecule has 2 aromatic rings. The molecule has 0 spiro atoms. The lowest BCUT2D eigenvalue weighted by atomic mass is 10.1. The Morgan fingerprint density at radius 1 is 1.18 bits per heavy atom. The van der Waals surface area contributed by atoms with Crippen molar-refractivity contribution in [2.45, 2.75) is 19.3 Å². The molecule has 0 bridgehead atoms.